The first-order valence-corrected chi connectivity index (χ1v) is 5.38. The zero-order valence-corrected chi connectivity index (χ0v) is 8.28. The molecule has 1 atom stereocenters. The van der Waals surface area contributed by atoms with Gasteiger partial charge in [-0.25, -0.2) is 0 Å². The van der Waals surface area contributed by atoms with E-state index in [1.54, 1.807) is 0 Å². The molecule has 0 unspecified atom stereocenters. The van der Waals surface area contributed by atoms with E-state index < -0.39 is 0 Å². The number of nitrogens with zero attached hydrogens (tertiary/aromatic N) is 1. The molecule has 2 nitrogen and oxygen atoms in total. The predicted octanol–water partition coefficient (Wildman–Crippen LogP) is 2.04. The maximum Gasteiger partial charge on any atom is 0.123 e. The van der Waals surface area contributed by atoms with Gasteiger partial charge in [0.2, 0.25) is 0 Å². The highest BCUT2D eigenvalue weighted by atomic mass is 16.5. The van der Waals surface area contributed by atoms with Crippen LogP contribution >= 0.6 is 0 Å². The highest BCUT2D eigenvalue weighted by molar-refractivity contribution is 5.34. The lowest BCUT2D eigenvalue weighted by Gasteiger charge is -2.19. The molecule has 14 heavy (non-hydrogen) atoms. The Morgan fingerprint density at radius 1 is 1.29 bits per heavy atom. The Hall–Kier alpha value is -1.02. The number of hydrogen-bond donors (Lipinski definition) is 0. The van der Waals surface area contributed by atoms with Crippen LogP contribution in [0.25, 0.3) is 0 Å². The molecule has 0 aromatic heterocycles. The number of para-hydroxylation sites is 1. The Morgan fingerprint density at radius 3 is 3.21 bits per heavy atom. The average molecular weight is 189 g/mol. The zero-order chi connectivity index (χ0) is 9.38. The normalized spacial score (nSPS) is 26.1. The Morgan fingerprint density at radius 2 is 2.21 bits per heavy atom. The van der Waals surface area contributed by atoms with Crippen molar-refractivity contribution in [3.05, 3.63) is 29.8 Å². The molecular formula is C12H15NO. The summed E-state index contributed by atoms with van der Waals surface area (Å²) in [7, 11) is 0. The monoisotopic (exact) mass is 189 g/mol. The highest BCUT2D eigenvalue weighted by Crippen LogP contribution is 2.28. The van der Waals surface area contributed by atoms with Gasteiger partial charge in [-0.05, 0) is 25.5 Å². The minimum absolute atomic E-state index is 0.655. The molecule has 74 valence electrons. The summed E-state index contributed by atoms with van der Waals surface area (Å²) in [5.74, 6) is 1.09. The van der Waals surface area contributed by atoms with Crippen LogP contribution in [0.4, 0.5) is 0 Å². The van der Waals surface area contributed by atoms with Crippen molar-refractivity contribution in [2.24, 2.45) is 0 Å². The van der Waals surface area contributed by atoms with Gasteiger partial charge >= 0.3 is 0 Å². The van der Waals surface area contributed by atoms with Crippen LogP contribution < -0.4 is 4.74 Å². The predicted molar refractivity (Wildman–Crippen MR) is 55.4 cm³/mol. The lowest BCUT2D eigenvalue weighted by atomic mass is 10.2. The molecule has 2 heteroatoms. The fraction of sp³-hybridized carbons (Fsp3) is 0.500. The van der Waals surface area contributed by atoms with Crippen LogP contribution in [-0.4, -0.2) is 24.1 Å². The van der Waals surface area contributed by atoms with Gasteiger partial charge in [0.15, 0.2) is 0 Å². The summed E-state index contributed by atoms with van der Waals surface area (Å²) < 4.78 is 5.82. The first-order valence-electron chi connectivity index (χ1n) is 5.38. The van der Waals surface area contributed by atoms with Crippen molar-refractivity contribution in [1.82, 2.24) is 4.90 Å². The van der Waals surface area contributed by atoms with Crippen LogP contribution in [0.15, 0.2) is 24.3 Å². The highest BCUT2D eigenvalue weighted by Gasteiger charge is 2.28. The van der Waals surface area contributed by atoms with Crippen LogP contribution in [0.5, 0.6) is 5.75 Å². The summed E-state index contributed by atoms with van der Waals surface area (Å²) in [6.45, 7) is 3.18. The second kappa shape index (κ2) is 3.28. The third-order valence-corrected chi connectivity index (χ3v) is 3.28. The first kappa shape index (κ1) is 8.30. The molecule has 2 aliphatic heterocycles. The molecule has 1 fully saturated rings. The van der Waals surface area contributed by atoms with Gasteiger partial charge in [0.25, 0.3) is 0 Å². The van der Waals surface area contributed by atoms with Gasteiger partial charge in [-0.1, -0.05) is 18.2 Å². The number of benzene rings is 1. The summed E-state index contributed by atoms with van der Waals surface area (Å²) >= 11 is 0. The SMILES string of the molecule is c1ccc2c(c1)CN1CCC[C@H]1CO2. The summed E-state index contributed by atoms with van der Waals surface area (Å²) in [4.78, 5) is 2.55. The molecule has 0 radical (unpaired) electrons. The summed E-state index contributed by atoms with van der Waals surface area (Å²) in [6.07, 6.45) is 2.63. The third kappa shape index (κ3) is 1.30. The van der Waals surface area contributed by atoms with E-state index in [-0.39, 0.29) is 0 Å². The van der Waals surface area contributed by atoms with Crippen LogP contribution in [-0.2, 0) is 6.54 Å². The van der Waals surface area contributed by atoms with Crippen LogP contribution in [0.1, 0.15) is 18.4 Å². The van der Waals surface area contributed by atoms with Gasteiger partial charge in [-0.2, -0.15) is 0 Å². The Labute approximate surface area is 84.5 Å². The van der Waals surface area contributed by atoms with Gasteiger partial charge in [0.05, 0.1) is 0 Å². The molecule has 1 aromatic carbocycles. The van der Waals surface area contributed by atoms with E-state index in [0.29, 0.717) is 6.04 Å². The summed E-state index contributed by atoms with van der Waals surface area (Å²) in [6, 6.07) is 9.06. The summed E-state index contributed by atoms with van der Waals surface area (Å²) in [5, 5.41) is 0. The third-order valence-electron chi connectivity index (χ3n) is 3.28. The molecule has 0 spiro atoms. The molecule has 2 aliphatic rings. The van der Waals surface area contributed by atoms with Crippen LogP contribution in [0.2, 0.25) is 0 Å². The van der Waals surface area contributed by atoms with Crippen molar-refractivity contribution in [3.63, 3.8) is 0 Å². The quantitative estimate of drug-likeness (QED) is 0.619. The molecule has 0 bridgehead atoms. The standard InChI is InChI=1S/C12H15NO/c1-2-6-12-10(4-1)8-13-7-3-5-11(13)9-14-12/h1-2,4,6,11H,3,5,7-9H2/t11-/m0/s1. The number of hydrogen-bond acceptors (Lipinski definition) is 2. The second-order valence-electron chi connectivity index (χ2n) is 4.19. The second-order valence-corrected chi connectivity index (χ2v) is 4.19. The van der Waals surface area contributed by atoms with Crippen LogP contribution in [0.3, 0.4) is 0 Å². The van der Waals surface area contributed by atoms with E-state index in [9.17, 15) is 0 Å². The van der Waals surface area contributed by atoms with E-state index in [0.717, 1.165) is 18.9 Å². The first-order chi connectivity index (χ1) is 6.93. The number of rotatable bonds is 0. The molecule has 1 saturated heterocycles. The lowest BCUT2D eigenvalue weighted by Crippen LogP contribution is -2.31. The smallest absolute Gasteiger partial charge is 0.123 e. The Bertz CT molecular complexity index is 337. The molecular weight excluding hydrogens is 174 g/mol. The number of ether oxygens (including phenoxy) is 1. The molecule has 0 amide bonds. The average Bonchev–Trinajstić information content (AvgIpc) is 2.58. The fourth-order valence-electron chi connectivity index (χ4n) is 2.47. The molecule has 0 aliphatic carbocycles. The van der Waals surface area contributed by atoms with E-state index in [4.69, 9.17) is 4.74 Å². The van der Waals surface area contributed by atoms with Crippen molar-refractivity contribution in [2.75, 3.05) is 13.2 Å². The van der Waals surface area contributed by atoms with Crippen molar-refractivity contribution in [2.45, 2.75) is 25.4 Å². The fourth-order valence-corrected chi connectivity index (χ4v) is 2.47. The van der Waals surface area contributed by atoms with E-state index in [2.05, 4.69) is 29.2 Å². The summed E-state index contributed by atoms with van der Waals surface area (Å²) in [5.41, 5.74) is 1.34. The maximum atomic E-state index is 5.82. The molecule has 3 rings (SSSR count). The van der Waals surface area contributed by atoms with Crippen molar-refractivity contribution in [3.8, 4) is 5.75 Å². The Kier molecular flexibility index (Phi) is 1.95. The Balaban J connectivity index is 1.93. The lowest BCUT2D eigenvalue weighted by molar-refractivity contribution is 0.188. The molecule has 2 heterocycles. The van der Waals surface area contributed by atoms with Gasteiger partial charge in [-0.15, -0.1) is 0 Å². The van der Waals surface area contributed by atoms with Crippen molar-refractivity contribution >= 4 is 0 Å². The molecule has 0 N–H and O–H groups in total. The van der Waals surface area contributed by atoms with Crippen molar-refractivity contribution < 1.29 is 4.74 Å². The van der Waals surface area contributed by atoms with E-state index >= 15 is 0 Å². The number of fused-ring (bicyclic) bond motifs is 2. The van der Waals surface area contributed by atoms with Gasteiger partial charge in [0, 0.05) is 18.2 Å². The molecule has 0 saturated carbocycles. The van der Waals surface area contributed by atoms with Gasteiger partial charge < -0.3 is 4.74 Å². The topological polar surface area (TPSA) is 12.5 Å². The van der Waals surface area contributed by atoms with E-state index in [1.807, 2.05) is 0 Å². The van der Waals surface area contributed by atoms with Gasteiger partial charge in [0.1, 0.15) is 12.4 Å². The van der Waals surface area contributed by atoms with Crippen molar-refractivity contribution in [1.29, 1.82) is 0 Å². The largest absolute Gasteiger partial charge is 0.492 e. The van der Waals surface area contributed by atoms with Crippen LogP contribution in [0, 0.1) is 0 Å². The maximum absolute atomic E-state index is 5.82. The zero-order valence-electron chi connectivity index (χ0n) is 8.28. The van der Waals surface area contributed by atoms with E-state index in [1.165, 1.54) is 24.9 Å². The molecule has 1 aromatic rings. The minimum atomic E-state index is 0.655. The minimum Gasteiger partial charge on any atom is -0.492 e. The van der Waals surface area contributed by atoms with Gasteiger partial charge in [-0.3, -0.25) is 4.90 Å².